The number of aryl methyl sites for hydroxylation is 6. The van der Waals surface area contributed by atoms with Gasteiger partial charge in [-0.1, -0.05) is 40.5 Å². The summed E-state index contributed by atoms with van der Waals surface area (Å²) < 4.78 is 0. The maximum absolute atomic E-state index is 11.3. The summed E-state index contributed by atoms with van der Waals surface area (Å²) in [5.41, 5.74) is 10.1. The summed E-state index contributed by atoms with van der Waals surface area (Å²) in [7, 11) is 0. The van der Waals surface area contributed by atoms with Crippen molar-refractivity contribution in [2.45, 2.75) is 41.5 Å². The molecule has 0 aliphatic carbocycles. The lowest BCUT2D eigenvalue weighted by atomic mass is 10.1. The molecule has 2 aromatic carbocycles. The molecule has 2 rings (SSSR count). The van der Waals surface area contributed by atoms with Crippen molar-refractivity contribution in [1.29, 1.82) is 0 Å². The SMILES string of the molecule is Cc1cc(C)c(N=N/C(=N/Nc2c(C)cc(C)cc2C)[N+](=O)[O-])c(C)c1. The number of azo groups is 1. The van der Waals surface area contributed by atoms with E-state index in [1.807, 2.05) is 65.8 Å². The molecule has 0 saturated heterocycles. The van der Waals surface area contributed by atoms with Crippen molar-refractivity contribution in [3.8, 4) is 0 Å². The molecule has 0 aliphatic heterocycles. The summed E-state index contributed by atoms with van der Waals surface area (Å²) in [6.07, 6.45) is 0. The standard InChI is InChI=1S/C19H23N5O2/c1-11-7-13(3)17(14(4)8-11)20-22-19(24(25)26)23-21-18-15(5)9-12(2)10-16(18)6/h7-10,20H,1-6H3/b22-19-,23-21?. The van der Waals surface area contributed by atoms with E-state index in [1.54, 1.807) is 0 Å². The van der Waals surface area contributed by atoms with Crippen molar-refractivity contribution in [2.75, 3.05) is 5.43 Å². The molecule has 136 valence electrons. The first kappa shape index (κ1) is 19.2. The van der Waals surface area contributed by atoms with Gasteiger partial charge in [-0.3, -0.25) is 0 Å². The zero-order valence-corrected chi connectivity index (χ0v) is 15.9. The first-order chi connectivity index (χ1) is 12.2. The summed E-state index contributed by atoms with van der Waals surface area (Å²) in [4.78, 5) is 10.6. The van der Waals surface area contributed by atoms with Gasteiger partial charge in [-0.15, -0.1) is 0 Å². The van der Waals surface area contributed by atoms with E-state index < -0.39 is 10.9 Å². The Bertz CT molecular complexity index is 870. The Hall–Kier alpha value is -3.09. The quantitative estimate of drug-likeness (QED) is 0.267. The van der Waals surface area contributed by atoms with E-state index in [-0.39, 0.29) is 0 Å². The lowest BCUT2D eigenvalue weighted by Gasteiger charge is -2.08. The summed E-state index contributed by atoms with van der Waals surface area (Å²) in [5, 5.41) is 22.9. The van der Waals surface area contributed by atoms with Gasteiger partial charge in [0.2, 0.25) is 0 Å². The molecule has 0 bridgehead atoms. The smallest absolute Gasteiger partial charge is 0.390 e. The predicted molar refractivity (Wildman–Crippen MR) is 104 cm³/mol. The van der Waals surface area contributed by atoms with Crippen LogP contribution in [0.2, 0.25) is 0 Å². The monoisotopic (exact) mass is 353 g/mol. The number of nitrogens with zero attached hydrogens (tertiary/aromatic N) is 4. The lowest BCUT2D eigenvalue weighted by molar-refractivity contribution is -0.352. The van der Waals surface area contributed by atoms with Gasteiger partial charge in [0.05, 0.1) is 10.8 Å². The highest BCUT2D eigenvalue weighted by molar-refractivity contribution is 5.74. The maximum atomic E-state index is 11.3. The van der Waals surface area contributed by atoms with E-state index in [0.29, 0.717) is 5.69 Å². The van der Waals surface area contributed by atoms with E-state index in [4.69, 9.17) is 0 Å². The van der Waals surface area contributed by atoms with Crippen LogP contribution in [0.3, 0.4) is 0 Å². The molecule has 1 N–H and O–H groups in total. The molecule has 26 heavy (non-hydrogen) atoms. The van der Waals surface area contributed by atoms with Gasteiger partial charge in [0.15, 0.2) is 0 Å². The number of rotatable bonds is 3. The lowest BCUT2D eigenvalue weighted by Crippen LogP contribution is -2.11. The van der Waals surface area contributed by atoms with Crippen LogP contribution in [0, 0.1) is 51.7 Å². The van der Waals surface area contributed by atoms with Crippen molar-refractivity contribution in [2.24, 2.45) is 15.3 Å². The van der Waals surface area contributed by atoms with Crippen LogP contribution in [0.25, 0.3) is 0 Å². The Morgan fingerprint density at radius 1 is 0.885 bits per heavy atom. The second-order valence-corrected chi connectivity index (χ2v) is 6.50. The van der Waals surface area contributed by atoms with Crippen LogP contribution >= 0.6 is 0 Å². The van der Waals surface area contributed by atoms with Crippen LogP contribution < -0.4 is 5.43 Å². The molecule has 0 atom stereocenters. The van der Waals surface area contributed by atoms with Crippen molar-refractivity contribution in [3.63, 3.8) is 0 Å². The second kappa shape index (κ2) is 7.86. The summed E-state index contributed by atoms with van der Waals surface area (Å²) in [6, 6.07) is 7.89. The summed E-state index contributed by atoms with van der Waals surface area (Å²) in [5.74, 6) is -0.594. The summed E-state index contributed by atoms with van der Waals surface area (Å²) in [6.45, 7) is 11.6. The molecule has 0 saturated carbocycles. The second-order valence-electron chi connectivity index (χ2n) is 6.50. The Balaban J connectivity index is 2.33. The van der Waals surface area contributed by atoms with E-state index in [1.165, 1.54) is 0 Å². The van der Waals surface area contributed by atoms with Crippen LogP contribution in [-0.4, -0.2) is 10.9 Å². The normalized spacial score (nSPS) is 11.8. The van der Waals surface area contributed by atoms with Crippen molar-refractivity contribution in [3.05, 3.63) is 67.8 Å². The van der Waals surface area contributed by atoms with Gasteiger partial charge in [-0.2, -0.15) is 0 Å². The highest BCUT2D eigenvalue weighted by Crippen LogP contribution is 2.25. The minimum atomic E-state index is -0.659. The van der Waals surface area contributed by atoms with Crippen molar-refractivity contribution in [1.82, 2.24) is 0 Å². The molecule has 0 amide bonds. The third kappa shape index (κ3) is 4.50. The topological polar surface area (TPSA) is 92.2 Å². The molecule has 7 heteroatoms. The molecule has 2 aromatic rings. The number of benzene rings is 2. The van der Waals surface area contributed by atoms with Crippen molar-refractivity contribution < 1.29 is 4.92 Å². The van der Waals surface area contributed by atoms with Crippen LogP contribution in [0.4, 0.5) is 11.4 Å². The van der Waals surface area contributed by atoms with E-state index in [0.717, 1.165) is 39.1 Å². The van der Waals surface area contributed by atoms with Crippen LogP contribution in [0.1, 0.15) is 33.4 Å². The molecule has 7 nitrogen and oxygen atoms in total. The van der Waals surface area contributed by atoms with Crippen LogP contribution in [-0.2, 0) is 0 Å². The Kier molecular flexibility index (Phi) is 5.82. The highest BCUT2D eigenvalue weighted by Gasteiger charge is 2.15. The highest BCUT2D eigenvalue weighted by atomic mass is 16.6. The van der Waals surface area contributed by atoms with Crippen LogP contribution in [0.5, 0.6) is 0 Å². The number of hydrazone groups is 1. The van der Waals surface area contributed by atoms with E-state index in [9.17, 15) is 10.1 Å². The minimum Gasteiger partial charge on any atom is -0.390 e. The average Bonchev–Trinajstić information content (AvgIpc) is 2.50. The number of hydrogen-bond donors (Lipinski definition) is 1. The van der Waals surface area contributed by atoms with Gasteiger partial charge in [-0.25, -0.2) is 5.43 Å². The molecule has 0 aliphatic rings. The molecule has 0 heterocycles. The number of nitrogens with one attached hydrogen (secondary N) is 1. The zero-order valence-electron chi connectivity index (χ0n) is 15.9. The molecular weight excluding hydrogens is 330 g/mol. The first-order valence-corrected chi connectivity index (χ1v) is 8.24. The Labute approximate surface area is 153 Å². The largest absolute Gasteiger partial charge is 0.511 e. The van der Waals surface area contributed by atoms with Gasteiger partial charge in [0.1, 0.15) is 5.69 Å². The fourth-order valence-electron chi connectivity index (χ4n) is 2.99. The molecule has 0 unspecified atom stereocenters. The number of nitro groups is 1. The van der Waals surface area contributed by atoms with Crippen LogP contribution in [0.15, 0.2) is 39.6 Å². The maximum Gasteiger partial charge on any atom is 0.511 e. The van der Waals surface area contributed by atoms with E-state index in [2.05, 4.69) is 20.8 Å². The van der Waals surface area contributed by atoms with Gasteiger partial charge >= 0.3 is 5.96 Å². The van der Waals surface area contributed by atoms with Gasteiger partial charge in [0.25, 0.3) is 0 Å². The number of hydrogen-bond acceptors (Lipinski definition) is 5. The third-order valence-electron chi connectivity index (χ3n) is 3.98. The molecular formula is C19H23N5O2. The predicted octanol–water partition coefficient (Wildman–Crippen LogP) is 5.28. The molecule has 0 radical (unpaired) electrons. The molecule has 0 aromatic heterocycles. The molecule has 0 fully saturated rings. The van der Waals surface area contributed by atoms with E-state index >= 15 is 0 Å². The Morgan fingerprint density at radius 2 is 1.35 bits per heavy atom. The van der Waals surface area contributed by atoms with Gasteiger partial charge in [0, 0.05) is 5.10 Å². The third-order valence-corrected chi connectivity index (χ3v) is 3.98. The van der Waals surface area contributed by atoms with Crippen molar-refractivity contribution >= 4 is 17.3 Å². The minimum absolute atomic E-state index is 0.594. The van der Waals surface area contributed by atoms with Gasteiger partial charge < -0.3 is 10.1 Å². The fourth-order valence-corrected chi connectivity index (χ4v) is 2.99. The number of anilines is 1. The average molecular weight is 353 g/mol. The first-order valence-electron chi connectivity index (χ1n) is 8.24. The Morgan fingerprint density at radius 3 is 1.81 bits per heavy atom. The summed E-state index contributed by atoms with van der Waals surface area (Å²) >= 11 is 0. The fraction of sp³-hybridized carbons (Fsp3) is 0.316. The zero-order chi connectivity index (χ0) is 19.4. The molecule has 0 spiro atoms. The van der Waals surface area contributed by atoms with Gasteiger partial charge in [-0.05, 0) is 68.7 Å². The number of guanidine groups is 1.